The van der Waals surface area contributed by atoms with Gasteiger partial charge in [-0.05, 0) is 50.5 Å². The van der Waals surface area contributed by atoms with E-state index in [1.54, 1.807) is 19.1 Å². The van der Waals surface area contributed by atoms with Crippen molar-refractivity contribution in [3.8, 4) is 28.4 Å². The van der Waals surface area contributed by atoms with E-state index in [4.69, 9.17) is 4.42 Å². The highest BCUT2D eigenvalue weighted by atomic mass is 16.3. The fourth-order valence-corrected chi connectivity index (χ4v) is 2.82. The van der Waals surface area contributed by atoms with E-state index in [9.17, 15) is 20.1 Å². The highest BCUT2D eigenvalue weighted by Gasteiger charge is 2.18. The summed E-state index contributed by atoms with van der Waals surface area (Å²) < 4.78 is 5.49. The summed E-state index contributed by atoms with van der Waals surface area (Å²) in [7, 11) is 0. The SMILES string of the molecule is CC(C)=CCc1c(O)cc2occ(-c3ccc(O)c(C)c3)c(=O)c2c1O. The molecule has 0 spiro atoms. The molecule has 0 aliphatic carbocycles. The molecule has 3 rings (SSSR count). The Kier molecular flexibility index (Phi) is 4.47. The maximum atomic E-state index is 13.0. The molecule has 134 valence electrons. The van der Waals surface area contributed by atoms with Crippen molar-refractivity contribution in [3.63, 3.8) is 0 Å². The molecule has 5 heteroatoms. The molecule has 0 radical (unpaired) electrons. The average Bonchev–Trinajstić information content (AvgIpc) is 2.57. The molecule has 26 heavy (non-hydrogen) atoms. The van der Waals surface area contributed by atoms with E-state index in [0.29, 0.717) is 17.5 Å². The molecule has 0 amide bonds. The lowest BCUT2D eigenvalue weighted by Crippen LogP contribution is -2.06. The monoisotopic (exact) mass is 352 g/mol. The Hall–Kier alpha value is -3.21. The van der Waals surface area contributed by atoms with Gasteiger partial charge in [0.1, 0.15) is 34.5 Å². The molecule has 0 aliphatic rings. The Morgan fingerprint density at radius 1 is 1.12 bits per heavy atom. The van der Waals surface area contributed by atoms with Crippen LogP contribution in [0.4, 0.5) is 0 Å². The Morgan fingerprint density at radius 3 is 2.50 bits per heavy atom. The molecule has 0 atom stereocenters. The minimum atomic E-state index is -0.396. The van der Waals surface area contributed by atoms with Crippen molar-refractivity contribution in [1.29, 1.82) is 0 Å². The smallest absolute Gasteiger partial charge is 0.204 e. The minimum Gasteiger partial charge on any atom is -0.508 e. The molecule has 0 unspecified atom stereocenters. The molecule has 0 bridgehead atoms. The van der Waals surface area contributed by atoms with Gasteiger partial charge in [0.25, 0.3) is 0 Å². The Balaban J connectivity index is 2.26. The van der Waals surface area contributed by atoms with Gasteiger partial charge in [-0.1, -0.05) is 17.7 Å². The Morgan fingerprint density at radius 2 is 1.85 bits per heavy atom. The van der Waals surface area contributed by atoms with Gasteiger partial charge in [-0.15, -0.1) is 0 Å². The molecular formula is C21H20O5. The zero-order valence-corrected chi connectivity index (χ0v) is 14.8. The van der Waals surface area contributed by atoms with Gasteiger partial charge in [-0.2, -0.15) is 0 Å². The first kappa shape index (κ1) is 17.6. The van der Waals surface area contributed by atoms with Crippen LogP contribution in [-0.2, 0) is 6.42 Å². The van der Waals surface area contributed by atoms with Crippen molar-refractivity contribution in [2.75, 3.05) is 0 Å². The second-order valence-electron chi connectivity index (χ2n) is 6.56. The number of rotatable bonds is 3. The van der Waals surface area contributed by atoms with Crippen LogP contribution in [0.15, 0.2) is 51.4 Å². The van der Waals surface area contributed by atoms with Gasteiger partial charge in [-0.3, -0.25) is 4.79 Å². The van der Waals surface area contributed by atoms with Gasteiger partial charge in [0.05, 0.1) is 5.56 Å². The van der Waals surface area contributed by atoms with Crippen molar-refractivity contribution >= 4 is 11.0 Å². The normalized spacial score (nSPS) is 10.9. The van der Waals surface area contributed by atoms with Crippen LogP contribution in [0, 0.1) is 6.92 Å². The second-order valence-corrected chi connectivity index (χ2v) is 6.56. The number of allylic oxidation sites excluding steroid dienone is 2. The number of aryl methyl sites for hydroxylation is 1. The molecular weight excluding hydrogens is 332 g/mol. The largest absolute Gasteiger partial charge is 0.508 e. The molecule has 0 saturated carbocycles. The van der Waals surface area contributed by atoms with Crippen molar-refractivity contribution in [1.82, 2.24) is 0 Å². The summed E-state index contributed by atoms with van der Waals surface area (Å²) in [6.45, 7) is 5.55. The van der Waals surface area contributed by atoms with E-state index in [0.717, 1.165) is 5.57 Å². The molecule has 5 nitrogen and oxygen atoms in total. The molecule has 0 saturated heterocycles. The lowest BCUT2D eigenvalue weighted by molar-refractivity contribution is 0.442. The fraction of sp³-hybridized carbons (Fsp3) is 0.190. The summed E-state index contributed by atoms with van der Waals surface area (Å²) in [5, 5.41) is 30.5. The van der Waals surface area contributed by atoms with Crippen molar-refractivity contribution in [2.45, 2.75) is 27.2 Å². The quantitative estimate of drug-likeness (QED) is 0.608. The van der Waals surface area contributed by atoms with Crippen LogP contribution in [0.3, 0.4) is 0 Å². The number of hydrogen-bond acceptors (Lipinski definition) is 5. The number of phenols is 3. The number of aromatic hydroxyl groups is 3. The minimum absolute atomic E-state index is 0.0307. The van der Waals surface area contributed by atoms with Gasteiger partial charge < -0.3 is 19.7 Å². The molecule has 3 N–H and O–H groups in total. The average molecular weight is 352 g/mol. The topological polar surface area (TPSA) is 90.9 Å². The molecule has 2 aromatic carbocycles. The van der Waals surface area contributed by atoms with Crippen LogP contribution in [-0.4, -0.2) is 15.3 Å². The molecule has 3 aromatic rings. The van der Waals surface area contributed by atoms with E-state index < -0.39 is 5.43 Å². The summed E-state index contributed by atoms with van der Waals surface area (Å²) in [6.07, 6.45) is 3.46. The van der Waals surface area contributed by atoms with Crippen molar-refractivity contribution < 1.29 is 19.7 Å². The molecule has 0 fully saturated rings. The van der Waals surface area contributed by atoms with Crippen molar-refractivity contribution in [3.05, 3.63) is 63.5 Å². The molecule has 1 aromatic heterocycles. The van der Waals surface area contributed by atoms with Crippen LogP contribution in [0.25, 0.3) is 22.1 Å². The van der Waals surface area contributed by atoms with E-state index >= 15 is 0 Å². The van der Waals surface area contributed by atoms with Crippen LogP contribution >= 0.6 is 0 Å². The third-order valence-corrected chi connectivity index (χ3v) is 4.34. The van der Waals surface area contributed by atoms with Gasteiger partial charge in [0, 0.05) is 11.6 Å². The van der Waals surface area contributed by atoms with E-state index in [1.165, 1.54) is 18.4 Å². The van der Waals surface area contributed by atoms with Gasteiger partial charge in [0.15, 0.2) is 0 Å². The Labute approximate surface area is 150 Å². The van der Waals surface area contributed by atoms with Crippen molar-refractivity contribution in [2.24, 2.45) is 0 Å². The van der Waals surface area contributed by atoms with Crippen LogP contribution < -0.4 is 5.43 Å². The molecule has 1 heterocycles. The van der Waals surface area contributed by atoms with Crippen LogP contribution in [0.5, 0.6) is 17.2 Å². The van der Waals surface area contributed by atoms with Crippen LogP contribution in [0.2, 0.25) is 0 Å². The Bertz CT molecular complexity index is 1090. The summed E-state index contributed by atoms with van der Waals surface area (Å²) in [5.74, 6) is -0.261. The fourth-order valence-electron chi connectivity index (χ4n) is 2.82. The summed E-state index contributed by atoms with van der Waals surface area (Å²) in [4.78, 5) is 13.0. The highest BCUT2D eigenvalue weighted by molar-refractivity contribution is 5.89. The van der Waals surface area contributed by atoms with E-state index in [-0.39, 0.29) is 39.3 Å². The van der Waals surface area contributed by atoms with Gasteiger partial charge >= 0.3 is 0 Å². The third kappa shape index (κ3) is 3.04. The molecule has 0 aliphatic heterocycles. The predicted octanol–water partition coefficient (Wildman–Crippen LogP) is 4.39. The first-order valence-electron chi connectivity index (χ1n) is 8.22. The first-order valence-corrected chi connectivity index (χ1v) is 8.22. The van der Waals surface area contributed by atoms with E-state index in [1.807, 2.05) is 19.9 Å². The zero-order valence-electron chi connectivity index (χ0n) is 14.8. The summed E-state index contributed by atoms with van der Waals surface area (Å²) in [6, 6.07) is 6.14. The zero-order chi connectivity index (χ0) is 19.0. The maximum absolute atomic E-state index is 13.0. The first-order chi connectivity index (χ1) is 12.3. The second kappa shape index (κ2) is 6.59. The number of fused-ring (bicyclic) bond motifs is 1. The third-order valence-electron chi connectivity index (χ3n) is 4.34. The predicted molar refractivity (Wildman–Crippen MR) is 101 cm³/mol. The maximum Gasteiger partial charge on any atom is 0.204 e. The van der Waals surface area contributed by atoms with Gasteiger partial charge in [-0.25, -0.2) is 0 Å². The number of benzene rings is 2. The lowest BCUT2D eigenvalue weighted by Gasteiger charge is -2.10. The van der Waals surface area contributed by atoms with Crippen LogP contribution in [0.1, 0.15) is 25.0 Å². The standard InChI is InChI=1S/C21H20O5/c1-11(2)4-6-14-17(23)9-18-19(20(14)24)21(25)15(10-26-18)13-5-7-16(22)12(3)8-13/h4-5,7-10,22-24H,6H2,1-3H3. The van der Waals surface area contributed by atoms with Gasteiger partial charge in [0.2, 0.25) is 5.43 Å². The van der Waals surface area contributed by atoms with E-state index in [2.05, 4.69) is 0 Å². The number of phenolic OH excluding ortho intramolecular Hbond substituents is 3. The number of hydrogen-bond donors (Lipinski definition) is 3. The lowest BCUT2D eigenvalue weighted by atomic mass is 10.00. The summed E-state index contributed by atoms with van der Waals surface area (Å²) in [5.41, 5.74) is 2.51. The summed E-state index contributed by atoms with van der Waals surface area (Å²) >= 11 is 0. The highest BCUT2D eigenvalue weighted by Crippen LogP contribution is 2.36.